The molecule has 8 atom stereocenters. The Morgan fingerprint density at radius 1 is 0.524 bits per heavy atom. The number of ether oxygens (including phenoxy) is 8. The molecule has 2 aromatic carbocycles. The summed E-state index contributed by atoms with van der Waals surface area (Å²) >= 11 is 0. The summed E-state index contributed by atoms with van der Waals surface area (Å²) in [5.74, 6) is -0.281. The predicted octanol–water partition coefficient (Wildman–Crippen LogP) is 0.0845. The van der Waals surface area contributed by atoms with Gasteiger partial charge in [-0.1, -0.05) is 12.2 Å². The second kappa shape index (κ2) is 19.3. The van der Waals surface area contributed by atoms with E-state index in [-0.39, 0.29) is 106 Å². The molecule has 4 aliphatic heterocycles. The van der Waals surface area contributed by atoms with Gasteiger partial charge in [-0.3, -0.25) is 19.2 Å². The van der Waals surface area contributed by atoms with Crippen molar-refractivity contribution in [3.63, 3.8) is 0 Å². The average molecular weight is 1010 g/mol. The Morgan fingerprint density at radius 2 is 0.825 bits per heavy atom. The number of carbonyl (C=O) groups is 4. The van der Waals surface area contributed by atoms with E-state index < -0.39 is 23.8 Å². The fourth-order valence-electron chi connectivity index (χ4n) is 12.4. The number of benzene rings is 2. The second-order valence-electron chi connectivity index (χ2n) is 18.7. The maximum atomic E-state index is 14.2. The number of quaternary nitrogens is 2. The first-order chi connectivity index (χ1) is 29.2. The zero-order chi connectivity index (χ0) is 43.4. The van der Waals surface area contributed by atoms with E-state index >= 15 is 0 Å². The van der Waals surface area contributed by atoms with Crippen LogP contribution in [0.4, 0.5) is 0 Å². The van der Waals surface area contributed by atoms with Crippen LogP contribution >= 0.6 is 0 Å². The first-order valence-corrected chi connectivity index (χ1v) is 21.8. The number of nitrogens with zero attached hydrogens (tertiary/aromatic N) is 2. The quantitative estimate of drug-likeness (QED) is 0.110. The SMILES string of the molecule is COc1cc(C[N+]2(C)C3CCC2CC(OC(=O)C2C4C=CC(C4)C2C(=O)OC2CC4CCC(C2)[N+]4(C)Cc2cc(OC)c(OC(C)=O)c(OC)c2)C3)cc(OC)c1OC(C)=O.[Br-].[Br-]. The molecule has 1 saturated carbocycles. The van der Waals surface area contributed by atoms with Gasteiger partial charge in [0.15, 0.2) is 23.0 Å². The zero-order valence-electron chi connectivity index (χ0n) is 37.6. The average Bonchev–Trinajstić information content (AvgIpc) is 3.89. The molecule has 6 aliphatic rings. The van der Waals surface area contributed by atoms with Crippen LogP contribution in [0.1, 0.15) is 82.8 Å². The van der Waals surface area contributed by atoms with Crippen LogP contribution in [0, 0.1) is 23.7 Å². The molecule has 2 aliphatic carbocycles. The number of hydrogen-bond donors (Lipinski definition) is 0. The van der Waals surface area contributed by atoms with Crippen LogP contribution in [-0.2, 0) is 41.7 Å². The van der Waals surface area contributed by atoms with Crippen molar-refractivity contribution in [2.45, 2.75) is 121 Å². The smallest absolute Gasteiger partial charge is 0.310 e. The Kier molecular flexibility index (Phi) is 14.9. The largest absolute Gasteiger partial charge is 1.00 e. The van der Waals surface area contributed by atoms with Crippen molar-refractivity contribution in [1.29, 1.82) is 0 Å². The molecule has 5 fully saturated rings. The van der Waals surface area contributed by atoms with Gasteiger partial charge in [-0.2, -0.15) is 0 Å². The Bertz CT molecular complexity index is 1870. The van der Waals surface area contributed by atoms with Gasteiger partial charge in [0.1, 0.15) is 25.3 Å². The topological polar surface area (TPSA) is 142 Å². The summed E-state index contributed by atoms with van der Waals surface area (Å²) in [6.45, 7) is 4.14. The van der Waals surface area contributed by atoms with Crippen molar-refractivity contribution >= 4 is 23.9 Å². The molecule has 16 heteroatoms. The highest BCUT2D eigenvalue weighted by Crippen LogP contribution is 2.52. The molecule has 14 nitrogen and oxygen atoms in total. The van der Waals surface area contributed by atoms with Crippen molar-refractivity contribution in [2.75, 3.05) is 42.5 Å². The highest BCUT2D eigenvalue weighted by molar-refractivity contribution is 5.84. The minimum Gasteiger partial charge on any atom is -1.00 e. The maximum absolute atomic E-state index is 14.2. The lowest BCUT2D eigenvalue weighted by Crippen LogP contribution is -3.00. The number of carbonyl (C=O) groups excluding carboxylic acids is 4. The summed E-state index contributed by atoms with van der Waals surface area (Å²) in [6.07, 6.45) is 11.7. The van der Waals surface area contributed by atoms with Gasteiger partial charge < -0.3 is 80.8 Å². The summed E-state index contributed by atoms with van der Waals surface area (Å²) in [4.78, 5) is 52.0. The van der Waals surface area contributed by atoms with E-state index in [1.54, 1.807) is 28.4 Å². The van der Waals surface area contributed by atoms with Crippen LogP contribution in [0.2, 0.25) is 0 Å². The van der Waals surface area contributed by atoms with E-state index in [0.717, 1.165) is 91.0 Å². The van der Waals surface area contributed by atoms with Crippen LogP contribution in [0.5, 0.6) is 34.5 Å². The number of methoxy groups -OCH3 is 4. The lowest BCUT2D eigenvalue weighted by molar-refractivity contribution is -0.961. The third kappa shape index (κ3) is 9.20. The van der Waals surface area contributed by atoms with Crippen LogP contribution in [0.25, 0.3) is 0 Å². The van der Waals surface area contributed by atoms with Crippen molar-refractivity contribution < 1.29 is 100 Å². The standard InChI is InChI=1S/C47H62N2O12.2BrH/c1-26(50)58-44-38(54-5)15-28(16-39(44)55-6)24-48(3)32-11-12-33(48)21-36(20-32)60-46(52)42-30-9-10-31(19-30)43(42)47(53)61-37-22-34-13-14-35(23-37)49(34,4)25-29-17-40(56-7)45(59-27(2)51)41(18-29)57-8;;/h9-10,15-18,30-37,42-43H,11-14,19-25H2,1-8H3;2*1H/q+2;;/p-2. The normalized spacial score (nSPS) is 33.0. The molecule has 2 aromatic rings. The number of allylic oxidation sites excluding steroid dienone is 2. The number of piperidine rings is 2. The number of hydrogen-bond acceptors (Lipinski definition) is 12. The van der Waals surface area contributed by atoms with Crippen molar-refractivity contribution in [2.24, 2.45) is 23.7 Å². The van der Waals surface area contributed by atoms with Crippen molar-refractivity contribution in [3.05, 3.63) is 47.5 Å². The lowest BCUT2D eigenvalue weighted by Gasteiger charge is -2.47. The maximum Gasteiger partial charge on any atom is 0.310 e. The van der Waals surface area contributed by atoms with E-state index in [1.807, 2.05) is 24.3 Å². The van der Waals surface area contributed by atoms with Gasteiger partial charge in [0.05, 0.1) is 78.5 Å². The van der Waals surface area contributed by atoms with Crippen LogP contribution < -0.4 is 62.4 Å². The summed E-state index contributed by atoms with van der Waals surface area (Å²) in [5.41, 5.74) is 2.02. The van der Waals surface area contributed by atoms with Gasteiger partial charge >= 0.3 is 23.9 Å². The summed E-state index contributed by atoms with van der Waals surface area (Å²) in [5, 5.41) is 0. The van der Waals surface area contributed by atoms with E-state index in [1.165, 1.54) is 13.8 Å². The van der Waals surface area contributed by atoms with Gasteiger partial charge in [-0.15, -0.1) is 0 Å². The number of rotatable bonds is 14. The van der Waals surface area contributed by atoms with Gasteiger partial charge in [0.2, 0.25) is 11.5 Å². The molecule has 0 aromatic heterocycles. The van der Waals surface area contributed by atoms with Crippen molar-refractivity contribution in [3.8, 4) is 34.5 Å². The molecule has 8 rings (SSSR count). The lowest BCUT2D eigenvalue weighted by atomic mass is 9.82. The van der Waals surface area contributed by atoms with Crippen LogP contribution in [0.15, 0.2) is 36.4 Å². The fraction of sp³-hybridized carbons (Fsp3) is 0.617. The Hall–Kier alpha value is -3.86. The molecule has 4 heterocycles. The molecule has 346 valence electrons. The molecule has 0 spiro atoms. The second-order valence-corrected chi connectivity index (χ2v) is 18.7. The molecule has 6 bridgehead atoms. The minimum atomic E-state index is -0.542. The van der Waals surface area contributed by atoms with Crippen LogP contribution in [-0.4, -0.2) is 112 Å². The monoisotopic (exact) mass is 1000 g/mol. The molecule has 0 N–H and O–H groups in total. The molecular formula is C47H62Br2N2O12. The van der Waals surface area contributed by atoms with E-state index in [2.05, 4.69) is 26.2 Å². The van der Waals surface area contributed by atoms with E-state index in [9.17, 15) is 19.2 Å². The highest BCUT2D eigenvalue weighted by Gasteiger charge is 2.58. The summed E-state index contributed by atoms with van der Waals surface area (Å²) < 4.78 is 47.7. The third-order valence-electron chi connectivity index (χ3n) is 15.3. The third-order valence-corrected chi connectivity index (χ3v) is 15.3. The summed E-state index contributed by atoms with van der Waals surface area (Å²) in [6, 6.07) is 8.82. The first kappa shape index (κ1) is 48.6. The first-order valence-electron chi connectivity index (χ1n) is 21.8. The Morgan fingerprint density at radius 3 is 1.10 bits per heavy atom. The van der Waals surface area contributed by atoms with E-state index in [0.29, 0.717) is 23.0 Å². The fourth-order valence-corrected chi connectivity index (χ4v) is 12.4. The molecular weight excluding hydrogens is 944 g/mol. The zero-order valence-corrected chi connectivity index (χ0v) is 40.7. The molecule has 0 radical (unpaired) electrons. The summed E-state index contributed by atoms with van der Waals surface area (Å²) in [7, 11) is 10.8. The minimum absolute atomic E-state index is 0. The molecule has 0 amide bonds. The molecule has 4 saturated heterocycles. The number of halogens is 2. The molecule has 63 heavy (non-hydrogen) atoms. The number of fused-ring (bicyclic) bond motifs is 6. The molecule has 8 unspecified atom stereocenters. The van der Waals surface area contributed by atoms with Gasteiger partial charge in [-0.25, -0.2) is 0 Å². The van der Waals surface area contributed by atoms with Gasteiger partial charge in [0, 0.05) is 76.3 Å². The van der Waals surface area contributed by atoms with E-state index in [4.69, 9.17) is 37.9 Å². The van der Waals surface area contributed by atoms with Crippen LogP contribution in [0.3, 0.4) is 0 Å². The van der Waals surface area contributed by atoms with Crippen molar-refractivity contribution in [1.82, 2.24) is 0 Å². The number of esters is 4. The van der Waals surface area contributed by atoms with Gasteiger partial charge in [-0.05, 0) is 42.5 Å². The van der Waals surface area contributed by atoms with Gasteiger partial charge in [0.25, 0.3) is 0 Å². The Balaban J connectivity index is 0.00000330. The Labute approximate surface area is 391 Å². The predicted molar refractivity (Wildman–Crippen MR) is 221 cm³/mol. The highest BCUT2D eigenvalue weighted by atomic mass is 79.9.